The number of carboxylic acid groups (broad SMARTS) is 1. The highest BCUT2D eigenvalue weighted by molar-refractivity contribution is 5.70. The van der Waals surface area contributed by atoms with Crippen LogP contribution in [0.4, 0.5) is 0 Å². The number of aliphatic carboxylic acids is 1. The Morgan fingerprint density at radius 3 is 1.10 bits per heavy atom. The van der Waals surface area contributed by atoms with Crippen molar-refractivity contribution in [1.82, 2.24) is 0 Å². The number of unbranched alkanes of at least 4 members (excludes halogenated alkanes) is 29. The van der Waals surface area contributed by atoms with Crippen LogP contribution in [0, 0.1) is 0 Å². The summed E-state index contributed by atoms with van der Waals surface area (Å²) < 4.78 is 22.7. The summed E-state index contributed by atoms with van der Waals surface area (Å²) in [5, 5.41) is 11.8. The van der Waals surface area contributed by atoms with Crippen molar-refractivity contribution in [2.75, 3.05) is 47.5 Å². The molecule has 0 aromatic carbocycles. The first kappa shape index (κ1) is 73.5. The van der Waals surface area contributed by atoms with E-state index in [1.54, 1.807) is 0 Å². The lowest BCUT2D eigenvalue weighted by Crippen LogP contribution is -2.44. The third-order valence-corrected chi connectivity index (χ3v) is 13.6. The van der Waals surface area contributed by atoms with Crippen molar-refractivity contribution in [1.29, 1.82) is 0 Å². The van der Waals surface area contributed by atoms with E-state index in [0.717, 1.165) is 70.6 Å². The van der Waals surface area contributed by atoms with Gasteiger partial charge in [-0.25, -0.2) is 0 Å². The zero-order valence-electron chi connectivity index (χ0n) is 50.6. The van der Waals surface area contributed by atoms with E-state index in [1.165, 1.54) is 167 Å². The van der Waals surface area contributed by atoms with Crippen molar-refractivity contribution in [3.8, 4) is 0 Å². The zero-order chi connectivity index (χ0) is 56.2. The van der Waals surface area contributed by atoms with Crippen LogP contribution in [0.5, 0.6) is 0 Å². The highest BCUT2D eigenvalue weighted by Crippen LogP contribution is 2.17. The Bertz CT molecular complexity index is 1540. The van der Waals surface area contributed by atoms with Crippen LogP contribution in [0.3, 0.4) is 0 Å². The van der Waals surface area contributed by atoms with Gasteiger partial charge in [0.15, 0.2) is 12.4 Å². The van der Waals surface area contributed by atoms with Crippen LogP contribution in [0.2, 0.25) is 0 Å². The molecule has 0 spiro atoms. The topological polar surface area (TPSA) is 111 Å². The molecular formula is C68H119NO8. The van der Waals surface area contributed by atoms with Gasteiger partial charge in [-0.2, -0.15) is 0 Å². The van der Waals surface area contributed by atoms with E-state index in [1.807, 2.05) is 21.1 Å². The van der Waals surface area contributed by atoms with Crippen LogP contribution >= 0.6 is 0 Å². The van der Waals surface area contributed by atoms with E-state index in [9.17, 15) is 19.5 Å². The summed E-state index contributed by atoms with van der Waals surface area (Å²) >= 11 is 0. The number of allylic oxidation sites excluding steroid dienone is 14. The molecule has 0 aromatic rings. The fraction of sp³-hybridized carbons (Fsp3) is 0.750. The maximum atomic E-state index is 12.9. The first-order valence-electron chi connectivity index (χ1n) is 31.7. The Morgan fingerprint density at radius 1 is 0.403 bits per heavy atom. The van der Waals surface area contributed by atoms with Crippen molar-refractivity contribution in [2.24, 2.45) is 0 Å². The van der Waals surface area contributed by atoms with Crippen LogP contribution in [0.1, 0.15) is 271 Å². The first-order chi connectivity index (χ1) is 37.6. The van der Waals surface area contributed by atoms with Gasteiger partial charge in [-0.05, 0) is 89.9 Å². The molecule has 77 heavy (non-hydrogen) atoms. The van der Waals surface area contributed by atoms with Gasteiger partial charge in [0.2, 0.25) is 0 Å². The molecule has 0 rings (SSSR count). The summed E-state index contributed by atoms with van der Waals surface area (Å²) in [4.78, 5) is 37.4. The minimum Gasteiger partial charge on any atom is -0.545 e. The van der Waals surface area contributed by atoms with Gasteiger partial charge in [0.1, 0.15) is 13.2 Å². The van der Waals surface area contributed by atoms with Crippen LogP contribution in [-0.2, 0) is 33.3 Å². The van der Waals surface area contributed by atoms with Crippen LogP contribution in [0.25, 0.3) is 0 Å². The largest absolute Gasteiger partial charge is 0.545 e. The maximum Gasteiger partial charge on any atom is 0.306 e. The van der Waals surface area contributed by atoms with Crippen molar-refractivity contribution < 1.29 is 42.9 Å². The molecule has 2 atom stereocenters. The van der Waals surface area contributed by atoms with E-state index >= 15 is 0 Å². The summed E-state index contributed by atoms with van der Waals surface area (Å²) in [7, 11) is 5.93. The molecule has 0 aliphatic heterocycles. The molecule has 0 bridgehead atoms. The second-order valence-corrected chi connectivity index (χ2v) is 22.3. The van der Waals surface area contributed by atoms with E-state index in [4.69, 9.17) is 18.9 Å². The molecular weight excluding hydrogens is 959 g/mol. The molecule has 444 valence electrons. The number of rotatable bonds is 58. The molecule has 0 aromatic heterocycles. The van der Waals surface area contributed by atoms with Crippen LogP contribution in [-0.4, -0.2) is 82.3 Å². The number of nitrogens with zero attached hydrogens (tertiary/aromatic N) is 1. The number of quaternary nitrogens is 1. The summed E-state index contributed by atoms with van der Waals surface area (Å²) in [5.74, 6) is -2.28. The number of hydrogen-bond donors (Lipinski definition) is 0. The lowest BCUT2D eigenvalue weighted by molar-refractivity contribution is -0.870. The predicted molar refractivity (Wildman–Crippen MR) is 324 cm³/mol. The van der Waals surface area contributed by atoms with Gasteiger partial charge in [0.25, 0.3) is 0 Å². The van der Waals surface area contributed by atoms with Gasteiger partial charge in [-0.3, -0.25) is 9.59 Å². The molecule has 0 saturated carbocycles. The number of ether oxygens (including phenoxy) is 4. The van der Waals surface area contributed by atoms with Crippen molar-refractivity contribution in [3.05, 3.63) is 85.1 Å². The lowest BCUT2D eigenvalue weighted by atomic mass is 10.0. The minimum absolute atomic E-state index is 0.145. The van der Waals surface area contributed by atoms with E-state index in [-0.39, 0.29) is 38.6 Å². The Morgan fingerprint density at radius 2 is 0.740 bits per heavy atom. The molecule has 0 heterocycles. The Hall–Kier alpha value is -3.53. The predicted octanol–water partition coefficient (Wildman–Crippen LogP) is 17.8. The zero-order valence-corrected chi connectivity index (χ0v) is 50.6. The van der Waals surface area contributed by atoms with Gasteiger partial charge in [-0.15, -0.1) is 0 Å². The van der Waals surface area contributed by atoms with Crippen LogP contribution < -0.4 is 5.11 Å². The Kier molecular flexibility index (Phi) is 55.9. The fourth-order valence-electron chi connectivity index (χ4n) is 8.77. The van der Waals surface area contributed by atoms with Gasteiger partial charge >= 0.3 is 11.9 Å². The highest BCUT2D eigenvalue weighted by atomic mass is 16.7. The maximum absolute atomic E-state index is 12.9. The molecule has 0 saturated heterocycles. The third kappa shape index (κ3) is 60.0. The van der Waals surface area contributed by atoms with Gasteiger partial charge < -0.3 is 33.3 Å². The van der Waals surface area contributed by atoms with E-state index in [2.05, 4.69) is 98.9 Å². The van der Waals surface area contributed by atoms with E-state index < -0.39 is 24.3 Å². The monoisotopic (exact) mass is 1080 g/mol. The van der Waals surface area contributed by atoms with Gasteiger partial charge in [-0.1, -0.05) is 253 Å². The number of carbonyl (C=O) groups is 3. The molecule has 0 radical (unpaired) electrons. The van der Waals surface area contributed by atoms with E-state index in [0.29, 0.717) is 17.4 Å². The second kappa shape index (κ2) is 58.6. The molecule has 0 amide bonds. The summed E-state index contributed by atoms with van der Waals surface area (Å²) in [5.41, 5.74) is 0. The normalized spacial score (nSPS) is 13.3. The molecule has 0 aliphatic rings. The number of carboxylic acids is 1. The number of likely N-dealkylation sites (N-methyl/N-ethyl adjacent to an activating group) is 1. The molecule has 2 unspecified atom stereocenters. The number of carbonyl (C=O) groups excluding carboxylic acids is 3. The molecule has 0 fully saturated rings. The molecule has 9 heteroatoms. The molecule has 0 aliphatic carbocycles. The van der Waals surface area contributed by atoms with Gasteiger partial charge in [0.05, 0.1) is 40.3 Å². The fourth-order valence-corrected chi connectivity index (χ4v) is 8.77. The average molecular weight is 1080 g/mol. The Labute approximate surface area is 474 Å². The quantitative estimate of drug-likeness (QED) is 0.0195. The number of hydrogen-bond acceptors (Lipinski definition) is 8. The third-order valence-electron chi connectivity index (χ3n) is 13.6. The van der Waals surface area contributed by atoms with Gasteiger partial charge in [0, 0.05) is 12.8 Å². The molecule has 9 nitrogen and oxygen atoms in total. The minimum atomic E-state index is -1.62. The summed E-state index contributed by atoms with van der Waals surface area (Å²) in [6.45, 7) is 4.63. The highest BCUT2D eigenvalue weighted by Gasteiger charge is 2.22. The molecule has 0 N–H and O–H groups in total. The summed E-state index contributed by atoms with van der Waals surface area (Å²) in [6, 6.07) is 0. The van der Waals surface area contributed by atoms with Crippen molar-refractivity contribution in [2.45, 2.75) is 283 Å². The Balaban J connectivity index is 4.13. The first-order valence-corrected chi connectivity index (χ1v) is 31.7. The number of esters is 2. The standard InChI is InChI=1S/C68H119NO8/c1-6-8-10-12-14-16-18-20-22-24-26-27-28-29-30-31-32-33-34-35-36-37-38-39-41-43-45-47-49-51-53-55-57-59-66(71)77-64(63-76-68(67(72)73)74-61-60-69(3,4)5)62-75-65(70)58-56-54-52-50-48-46-44-42-40-25-23-21-19-17-15-13-11-9-7-2/h8,10,14-17,20-23,26-27,29-30,64,68H,6-7,9,11-13,18-19,24-25,28,31-63H2,1-5H3/b10-8-,16-14-,17-15-,22-20-,23-21-,27-26-,30-29-. The SMILES string of the molecule is CC/C=C\C/C=C\C/C=C\C/C=C\C/C=C\CCCCCCCCCCCCCCCCCCCC(=O)OC(COC(=O)CCCCCCCCCCC/C=C\C/C=C\CCCCC)COC(OCC[N+](C)(C)C)C(=O)[O-]. The average Bonchev–Trinajstić information content (AvgIpc) is 3.40. The van der Waals surface area contributed by atoms with Crippen LogP contribution in [0.15, 0.2) is 85.1 Å². The van der Waals surface area contributed by atoms with Crippen molar-refractivity contribution in [3.63, 3.8) is 0 Å². The lowest BCUT2D eigenvalue weighted by Gasteiger charge is -2.26. The smallest absolute Gasteiger partial charge is 0.306 e. The van der Waals surface area contributed by atoms with Crippen molar-refractivity contribution >= 4 is 17.9 Å². The summed E-state index contributed by atoms with van der Waals surface area (Å²) in [6.07, 6.45) is 75.0. The second-order valence-electron chi connectivity index (χ2n) is 22.3.